The molecule has 3 atom stereocenters. The molecular formula is C14H27IN4O3. The van der Waals surface area contributed by atoms with Gasteiger partial charge in [0.1, 0.15) is 6.54 Å². The van der Waals surface area contributed by atoms with Gasteiger partial charge in [-0.3, -0.25) is 4.79 Å². The molecule has 0 aromatic carbocycles. The normalized spacial score (nSPS) is 26.5. The number of rotatable bonds is 7. The SMILES string of the molecule is CCNC(=NCC(=O)NCCOC)NC1CC2CCC1O2.I. The van der Waals surface area contributed by atoms with Crippen LogP contribution in [0.25, 0.3) is 0 Å². The zero-order chi connectivity index (χ0) is 15.1. The smallest absolute Gasteiger partial charge is 0.241 e. The van der Waals surface area contributed by atoms with E-state index in [1.54, 1.807) is 7.11 Å². The summed E-state index contributed by atoms with van der Waals surface area (Å²) in [7, 11) is 1.61. The second-order valence-corrected chi connectivity index (χ2v) is 5.40. The third kappa shape index (κ3) is 5.88. The molecule has 0 aromatic rings. The van der Waals surface area contributed by atoms with Crippen LogP contribution in [0.3, 0.4) is 0 Å². The van der Waals surface area contributed by atoms with Gasteiger partial charge in [0.15, 0.2) is 5.96 Å². The lowest BCUT2D eigenvalue weighted by atomic mass is 9.96. The average molecular weight is 426 g/mol. The molecule has 22 heavy (non-hydrogen) atoms. The van der Waals surface area contributed by atoms with Crippen molar-refractivity contribution < 1.29 is 14.3 Å². The highest BCUT2D eigenvalue weighted by molar-refractivity contribution is 14.0. The van der Waals surface area contributed by atoms with Crippen molar-refractivity contribution in [2.75, 3.05) is 33.4 Å². The first kappa shape index (κ1) is 19.4. The molecule has 2 bridgehead atoms. The maximum Gasteiger partial charge on any atom is 0.241 e. The summed E-state index contributed by atoms with van der Waals surface area (Å²) in [4.78, 5) is 16.0. The number of guanidine groups is 1. The summed E-state index contributed by atoms with van der Waals surface area (Å²) in [6, 6.07) is 0.304. The van der Waals surface area contributed by atoms with Crippen LogP contribution in [0.5, 0.6) is 0 Å². The van der Waals surface area contributed by atoms with E-state index in [4.69, 9.17) is 9.47 Å². The molecule has 7 nitrogen and oxygen atoms in total. The number of carbonyl (C=O) groups excluding carboxylic acids is 1. The van der Waals surface area contributed by atoms with Gasteiger partial charge in [0.05, 0.1) is 24.9 Å². The molecule has 0 saturated carbocycles. The van der Waals surface area contributed by atoms with E-state index < -0.39 is 0 Å². The van der Waals surface area contributed by atoms with Crippen molar-refractivity contribution in [3.05, 3.63) is 0 Å². The van der Waals surface area contributed by atoms with Crippen molar-refractivity contribution in [2.24, 2.45) is 4.99 Å². The number of aliphatic imine (C=N–C) groups is 1. The largest absolute Gasteiger partial charge is 0.383 e. The van der Waals surface area contributed by atoms with Crippen molar-refractivity contribution >= 4 is 35.8 Å². The van der Waals surface area contributed by atoms with Crippen molar-refractivity contribution in [3.63, 3.8) is 0 Å². The highest BCUT2D eigenvalue weighted by Crippen LogP contribution is 2.34. The maximum absolute atomic E-state index is 11.6. The molecule has 2 aliphatic heterocycles. The molecule has 3 N–H and O–H groups in total. The summed E-state index contributed by atoms with van der Waals surface area (Å²) in [6.07, 6.45) is 3.98. The molecule has 2 rings (SSSR count). The number of nitrogens with one attached hydrogen (secondary N) is 3. The standard InChI is InChI=1S/C14H26N4O3.HI/c1-3-15-14(17-9-13(19)16-6-7-20-2)18-11-8-10-4-5-12(11)21-10;/h10-12H,3-9H2,1-2H3,(H,16,19)(H2,15,17,18);1H. The molecule has 3 unspecified atom stereocenters. The number of halogens is 1. The third-order valence-corrected chi connectivity index (χ3v) is 3.78. The van der Waals surface area contributed by atoms with Gasteiger partial charge in [-0.2, -0.15) is 0 Å². The maximum atomic E-state index is 11.6. The van der Waals surface area contributed by atoms with Crippen molar-refractivity contribution in [2.45, 2.75) is 44.4 Å². The molecule has 2 heterocycles. The Labute approximate surface area is 149 Å². The topological polar surface area (TPSA) is 84.0 Å². The lowest BCUT2D eigenvalue weighted by molar-refractivity contribution is -0.119. The predicted molar refractivity (Wildman–Crippen MR) is 95.7 cm³/mol. The second-order valence-electron chi connectivity index (χ2n) is 5.40. The fraction of sp³-hybridized carbons (Fsp3) is 0.857. The van der Waals surface area contributed by atoms with Gasteiger partial charge in [0.2, 0.25) is 5.91 Å². The molecule has 8 heteroatoms. The van der Waals surface area contributed by atoms with Crippen LogP contribution in [0.4, 0.5) is 0 Å². The Bertz CT molecular complexity index is 381. The number of fused-ring (bicyclic) bond motifs is 2. The number of hydrogen-bond acceptors (Lipinski definition) is 4. The number of carbonyl (C=O) groups is 1. The van der Waals surface area contributed by atoms with Gasteiger partial charge in [-0.25, -0.2) is 4.99 Å². The van der Waals surface area contributed by atoms with E-state index in [-0.39, 0.29) is 42.5 Å². The number of hydrogen-bond donors (Lipinski definition) is 3. The molecule has 2 fully saturated rings. The Balaban J connectivity index is 0.00000242. The number of nitrogens with zero attached hydrogens (tertiary/aromatic N) is 1. The van der Waals surface area contributed by atoms with Gasteiger partial charge in [-0.05, 0) is 26.2 Å². The monoisotopic (exact) mass is 426 g/mol. The third-order valence-electron chi connectivity index (χ3n) is 3.78. The van der Waals surface area contributed by atoms with Crippen LogP contribution in [-0.4, -0.2) is 63.5 Å². The predicted octanol–water partition coefficient (Wildman–Crippen LogP) is 0.242. The number of methoxy groups -OCH3 is 1. The lowest BCUT2D eigenvalue weighted by Crippen LogP contribution is -2.47. The van der Waals surface area contributed by atoms with Crippen LogP contribution < -0.4 is 16.0 Å². The van der Waals surface area contributed by atoms with Gasteiger partial charge in [0, 0.05) is 20.2 Å². The molecular weight excluding hydrogens is 399 g/mol. The van der Waals surface area contributed by atoms with Crippen LogP contribution >= 0.6 is 24.0 Å². The fourth-order valence-corrected chi connectivity index (χ4v) is 2.78. The lowest BCUT2D eigenvalue weighted by Gasteiger charge is -2.22. The van der Waals surface area contributed by atoms with Crippen LogP contribution in [0.1, 0.15) is 26.2 Å². The summed E-state index contributed by atoms with van der Waals surface area (Å²) < 4.78 is 10.7. The number of amides is 1. The Hall–Kier alpha value is -0.610. The molecule has 0 aromatic heterocycles. The first-order valence-corrected chi connectivity index (χ1v) is 7.69. The zero-order valence-electron chi connectivity index (χ0n) is 13.3. The van der Waals surface area contributed by atoms with Crippen LogP contribution in [0.15, 0.2) is 4.99 Å². The average Bonchev–Trinajstić information content (AvgIpc) is 3.08. The Morgan fingerprint density at radius 1 is 1.36 bits per heavy atom. The van der Waals surface area contributed by atoms with E-state index in [9.17, 15) is 4.79 Å². The van der Waals surface area contributed by atoms with E-state index in [1.165, 1.54) is 6.42 Å². The molecule has 0 aliphatic carbocycles. The van der Waals surface area contributed by atoms with Crippen LogP contribution in [0.2, 0.25) is 0 Å². The first-order valence-electron chi connectivity index (χ1n) is 7.69. The van der Waals surface area contributed by atoms with Gasteiger partial charge >= 0.3 is 0 Å². The molecule has 128 valence electrons. The van der Waals surface area contributed by atoms with Crippen molar-refractivity contribution in [3.8, 4) is 0 Å². The zero-order valence-corrected chi connectivity index (χ0v) is 15.6. The molecule has 0 radical (unpaired) electrons. The van der Waals surface area contributed by atoms with Crippen LogP contribution in [-0.2, 0) is 14.3 Å². The highest BCUT2D eigenvalue weighted by Gasteiger charge is 2.41. The molecule has 0 spiro atoms. The summed E-state index contributed by atoms with van der Waals surface area (Å²) in [5.74, 6) is 0.578. The quantitative estimate of drug-likeness (QED) is 0.235. The molecule has 1 amide bonds. The minimum atomic E-state index is -0.103. The molecule has 2 aliphatic rings. The Morgan fingerprint density at radius 2 is 2.18 bits per heavy atom. The minimum Gasteiger partial charge on any atom is -0.383 e. The van der Waals surface area contributed by atoms with Crippen molar-refractivity contribution in [1.29, 1.82) is 0 Å². The van der Waals surface area contributed by atoms with E-state index in [2.05, 4.69) is 20.9 Å². The Kier molecular flexibility index (Phi) is 9.03. The van der Waals surface area contributed by atoms with Gasteiger partial charge in [0.25, 0.3) is 0 Å². The van der Waals surface area contributed by atoms with Gasteiger partial charge in [-0.15, -0.1) is 24.0 Å². The van der Waals surface area contributed by atoms with E-state index in [1.807, 2.05) is 6.92 Å². The summed E-state index contributed by atoms with van der Waals surface area (Å²) in [6.45, 7) is 3.90. The van der Waals surface area contributed by atoms with Crippen molar-refractivity contribution in [1.82, 2.24) is 16.0 Å². The minimum absolute atomic E-state index is 0. The van der Waals surface area contributed by atoms with Gasteiger partial charge < -0.3 is 25.4 Å². The molecule has 2 saturated heterocycles. The van der Waals surface area contributed by atoms with Crippen LogP contribution in [0, 0.1) is 0 Å². The Morgan fingerprint density at radius 3 is 2.77 bits per heavy atom. The van der Waals surface area contributed by atoms with E-state index in [0.717, 1.165) is 19.4 Å². The van der Waals surface area contributed by atoms with E-state index in [0.29, 0.717) is 31.3 Å². The summed E-state index contributed by atoms with van der Waals surface area (Å²) >= 11 is 0. The summed E-state index contributed by atoms with van der Waals surface area (Å²) in [5, 5.41) is 9.30. The second kappa shape index (κ2) is 10.2. The first-order chi connectivity index (χ1) is 10.2. The van der Waals surface area contributed by atoms with Gasteiger partial charge in [-0.1, -0.05) is 0 Å². The number of ether oxygens (including phenoxy) is 2. The fourth-order valence-electron chi connectivity index (χ4n) is 2.78. The highest BCUT2D eigenvalue weighted by atomic mass is 127. The summed E-state index contributed by atoms with van der Waals surface area (Å²) in [5.41, 5.74) is 0. The van der Waals surface area contributed by atoms with E-state index >= 15 is 0 Å².